The summed E-state index contributed by atoms with van der Waals surface area (Å²) in [4.78, 5) is 23.3. The molecule has 1 aliphatic rings. The van der Waals surface area contributed by atoms with Crippen molar-refractivity contribution in [1.29, 1.82) is 0 Å². The number of ether oxygens (including phenoxy) is 1. The monoisotopic (exact) mass is 304 g/mol. The predicted octanol–water partition coefficient (Wildman–Crippen LogP) is 2.07. The van der Waals surface area contributed by atoms with Crippen LogP contribution in [-0.2, 0) is 9.53 Å². The summed E-state index contributed by atoms with van der Waals surface area (Å²) in [6.45, 7) is 2.82. The largest absolute Gasteiger partial charge is 0.462 e. The number of hydrogen-bond acceptors (Lipinski definition) is 5. The molecule has 1 N–H and O–H groups in total. The van der Waals surface area contributed by atoms with E-state index in [2.05, 4.69) is 15.7 Å². The fraction of sp³-hybridized carbons (Fsp3) is 0.467. The van der Waals surface area contributed by atoms with Crippen molar-refractivity contribution in [2.75, 3.05) is 20.2 Å². The molecular weight excluding hydrogens is 284 g/mol. The summed E-state index contributed by atoms with van der Waals surface area (Å²) in [5.74, 6) is -0.403. The summed E-state index contributed by atoms with van der Waals surface area (Å²) in [6, 6.07) is 6.42. The summed E-state index contributed by atoms with van der Waals surface area (Å²) >= 11 is 0. The minimum atomic E-state index is -0.356. The molecule has 1 atom stereocenters. The van der Waals surface area contributed by atoms with Crippen LogP contribution in [0, 0.1) is 0 Å². The molecule has 0 aromatic heterocycles. The molecule has 1 aromatic carbocycles. The van der Waals surface area contributed by atoms with Crippen molar-refractivity contribution in [1.82, 2.24) is 10.3 Å². The molecule has 22 heavy (non-hydrogen) atoms. The first-order valence-corrected chi connectivity index (χ1v) is 7.32. The Labute approximate surface area is 129 Å². The standard InChI is InChI=1S/C15H20N4O3/c1-3-22-15(21)11-6-8-12(9-7-11)17-18-19-10-4-5-13(19)14(20)16-2/h6-9,13H,3-5,10H2,1-2H3,(H,16,20)/t13-/m0/s1. The lowest BCUT2D eigenvalue weighted by molar-refractivity contribution is -0.125. The Bertz CT molecular complexity index is 556. The zero-order valence-electron chi connectivity index (χ0n) is 12.8. The maximum absolute atomic E-state index is 11.7. The van der Waals surface area contributed by atoms with E-state index in [1.807, 2.05) is 0 Å². The Balaban J connectivity index is 2.01. The Hall–Kier alpha value is -2.44. The van der Waals surface area contributed by atoms with Crippen molar-refractivity contribution in [3.63, 3.8) is 0 Å². The first kappa shape index (κ1) is 15.9. The molecule has 0 bridgehead atoms. The smallest absolute Gasteiger partial charge is 0.338 e. The molecule has 7 heteroatoms. The van der Waals surface area contributed by atoms with Crippen LogP contribution in [0.2, 0.25) is 0 Å². The van der Waals surface area contributed by atoms with Gasteiger partial charge in [0, 0.05) is 13.6 Å². The molecule has 0 saturated carbocycles. The number of esters is 1. The van der Waals surface area contributed by atoms with Gasteiger partial charge in [-0.1, -0.05) is 5.22 Å². The van der Waals surface area contributed by atoms with Gasteiger partial charge in [-0.25, -0.2) is 4.79 Å². The highest BCUT2D eigenvalue weighted by Crippen LogP contribution is 2.20. The van der Waals surface area contributed by atoms with Crippen molar-refractivity contribution < 1.29 is 14.3 Å². The van der Waals surface area contributed by atoms with Gasteiger partial charge in [0.25, 0.3) is 0 Å². The van der Waals surface area contributed by atoms with Gasteiger partial charge in [0.1, 0.15) is 6.04 Å². The number of nitrogens with zero attached hydrogens (tertiary/aromatic N) is 3. The van der Waals surface area contributed by atoms with Crippen LogP contribution in [-0.4, -0.2) is 43.1 Å². The summed E-state index contributed by atoms with van der Waals surface area (Å²) in [5.41, 5.74) is 1.10. The van der Waals surface area contributed by atoms with Crippen molar-refractivity contribution in [2.24, 2.45) is 10.3 Å². The highest BCUT2D eigenvalue weighted by molar-refractivity contribution is 5.89. The number of likely N-dealkylation sites (N-methyl/N-ethyl adjacent to an activating group) is 1. The van der Waals surface area contributed by atoms with Crippen LogP contribution < -0.4 is 5.32 Å². The molecular formula is C15H20N4O3. The zero-order chi connectivity index (χ0) is 15.9. The summed E-state index contributed by atoms with van der Waals surface area (Å²) < 4.78 is 4.92. The van der Waals surface area contributed by atoms with Gasteiger partial charge in [-0.05, 0) is 44.0 Å². The molecule has 0 aliphatic carbocycles. The Morgan fingerprint density at radius 1 is 1.36 bits per heavy atom. The topological polar surface area (TPSA) is 83.4 Å². The number of carbonyl (C=O) groups is 2. The van der Waals surface area contributed by atoms with Gasteiger partial charge in [-0.15, -0.1) is 5.11 Å². The molecule has 0 spiro atoms. The maximum atomic E-state index is 11.7. The zero-order valence-corrected chi connectivity index (χ0v) is 12.8. The van der Waals surface area contributed by atoms with E-state index in [0.717, 1.165) is 12.8 Å². The molecule has 1 amide bonds. The third-order valence-electron chi connectivity index (χ3n) is 3.43. The van der Waals surface area contributed by atoms with Crippen molar-refractivity contribution >= 4 is 17.6 Å². The minimum Gasteiger partial charge on any atom is -0.462 e. The molecule has 7 nitrogen and oxygen atoms in total. The molecule has 2 rings (SSSR count). The molecule has 118 valence electrons. The lowest BCUT2D eigenvalue weighted by Gasteiger charge is -2.17. The van der Waals surface area contributed by atoms with Crippen molar-refractivity contribution in [2.45, 2.75) is 25.8 Å². The Morgan fingerprint density at radius 2 is 2.09 bits per heavy atom. The van der Waals surface area contributed by atoms with Gasteiger partial charge in [-0.2, -0.15) is 0 Å². The van der Waals surface area contributed by atoms with Gasteiger partial charge >= 0.3 is 5.97 Å². The lowest BCUT2D eigenvalue weighted by atomic mass is 10.2. The number of benzene rings is 1. The molecule has 0 radical (unpaired) electrons. The molecule has 1 saturated heterocycles. The molecule has 0 unspecified atom stereocenters. The van der Waals surface area contributed by atoms with Crippen LogP contribution in [0.3, 0.4) is 0 Å². The first-order chi connectivity index (χ1) is 10.7. The van der Waals surface area contributed by atoms with Gasteiger partial charge in [0.15, 0.2) is 0 Å². The van der Waals surface area contributed by atoms with E-state index in [0.29, 0.717) is 24.4 Å². The quantitative estimate of drug-likeness (QED) is 0.667. The van der Waals surface area contributed by atoms with E-state index in [-0.39, 0.29) is 17.9 Å². The molecule has 1 heterocycles. The summed E-state index contributed by atoms with van der Waals surface area (Å²) in [6.07, 6.45) is 1.69. The highest BCUT2D eigenvalue weighted by Gasteiger charge is 2.29. The van der Waals surface area contributed by atoms with Crippen LogP contribution in [0.25, 0.3) is 0 Å². The molecule has 1 aliphatic heterocycles. The second-order valence-electron chi connectivity index (χ2n) is 4.89. The average Bonchev–Trinajstić information content (AvgIpc) is 3.01. The second-order valence-corrected chi connectivity index (χ2v) is 4.89. The van der Waals surface area contributed by atoms with E-state index >= 15 is 0 Å². The van der Waals surface area contributed by atoms with E-state index in [1.165, 1.54) is 0 Å². The van der Waals surface area contributed by atoms with Gasteiger partial charge in [0.2, 0.25) is 5.91 Å². The second kappa shape index (κ2) is 7.53. The van der Waals surface area contributed by atoms with Crippen LogP contribution in [0.1, 0.15) is 30.1 Å². The number of carbonyl (C=O) groups excluding carboxylic acids is 2. The fourth-order valence-corrected chi connectivity index (χ4v) is 2.28. The van der Waals surface area contributed by atoms with E-state index in [9.17, 15) is 9.59 Å². The number of rotatable bonds is 5. The minimum absolute atomic E-state index is 0.0471. The predicted molar refractivity (Wildman–Crippen MR) is 80.7 cm³/mol. The fourth-order valence-electron chi connectivity index (χ4n) is 2.28. The summed E-state index contributed by atoms with van der Waals surface area (Å²) in [7, 11) is 1.62. The number of hydrogen-bond donors (Lipinski definition) is 1. The van der Waals surface area contributed by atoms with Crippen molar-refractivity contribution in [3.8, 4) is 0 Å². The highest BCUT2D eigenvalue weighted by atomic mass is 16.5. The van der Waals surface area contributed by atoms with Crippen LogP contribution in [0.15, 0.2) is 34.6 Å². The Kier molecular flexibility index (Phi) is 5.46. The lowest BCUT2D eigenvalue weighted by Crippen LogP contribution is -2.39. The van der Waals surface area contributed by atoms with Gasteiger partial charge in [0.05, 0.1) is 17.9 Å². The van der Waals surface area contributed by atoms with Gasteiger partial charge in [-0.3, -0.25) is 9.80 Å². The Morgan fingerprint density at radius 3 is 2.73 bits per heavy atom. The van der Waals surface area contributed by atoms with Crippen LogP contribution in [0.4, 0.5) is 5.69 Å². The SMILES string of the molecule is CCOC(=O)c1ccc(N=NN2CCC[C@H]2C(=O)NC)cc1. The summed E-state index contributed by atoms with van der Waals surface area (Å²) in [5, 5.41) is 12.6. The number of nitrogens with one attached hydrogen (secondary N) is 1. The normalized spacial score (nSPS) is 17.7. The average molecular weight is 304 g/mol. The third-order valence-corrected chi connectivity index (χ3v) is 3.43. The first-order valence-electron chi connectivity index (χ1n) is 7.32. The van der Waals surface area contributed by atoms with Crippen LogP contribution in [0.5, 0.6) is 0 Å². The molecule has 1 aromatic rings. The van der Waals surface area contributed by atoms with Gasteiger partial charge < -0.3 is 10.1 Å². The van der Waals surface area contributed by atoms with E-state index in [1.54, 1.807) is 43.2 Å². The number of amides is 1. The molecule has 1 fully saturated rings. The maximum Gasteiger partial charge on any atom is 0.338 e. The third kappa shape index (κ3) is 3.81. The van der Waals surface area contributed by atoms with Crippen molar-refractivity contribution in [3.05, 3.63) is 29.8 Å². The van der Waals surface area contributed by atoms with Crippen LogP contribution >= 0.6 is 0 Å². The van der Waals surface area contributed by atoms with E-state index in [4.69, 9.17) is 4.74 Å². The van der Waals surface area contributed by atoms with E-state index < -0.39 is 0 Å².